The lowest BCUT2D eigenvalue weighted by atomic mass is 9.93. The van der Waals surface area contributed by atoms with Gasteiger partial charge in [-0.3, -0.25) is 0 Å². The predicted molar refractivity (Wildman–Crippen MR) is 94.7 cm³/mol. The first-order chi connectivity index (χ1) is 11.3. The van der Waals surface area contributed by atoms with E-state index in [2.05, 4.69) is 22.8 Å². The molecule has 0 spiro atoms. The fourth-order valence-corrected chi connectivity index (χ4v) is 3.76. The second-order valence-corrected chi connectivity index (χ2v) is 6.85. The van der Waals surface area contributed by atoms with Gasteiger partial charge in [0.05, 0.1) is 11.6 Å². The number of aromatic nitrogens is 2. The summed E-state index contributed by atoms with van der Waals surface area (Å²) in [6, 6.07) is 10.5. The molecule has 1 fully saturated rings. The lowest BCUT2D eigenvalue weighted by molar-refractivity contribution is 0.126. The van der Waals surface area contributed by atoms with Crippen molar-refractivity contribution in [2.75, 3.05) is 5.32 Å². The van der Waals surface area contributed by atoms with Crippen molar-refractivity contribution >= 4 is 28.1 Å². The summed E-state index contributed by atoms with van der Waals surface area (Å²) in [6.45, 7) is 0. The highest BCUT2D eigenvalue weighted by molar-refractivity contribution is 7.08. The van der Waals surface area contributed by atoms with Gasteiger partial charge in [0.1, 0.15) is 5.82 Å². The Morgan fingerprint density at radius 1 is 1.04 bits per heavy atom. The quantitative estimate of drug-likeness (QED) is 0.762. The van der Waals surface area contributed by atoms with Crippen LogP contribution in [0.2, 0.25) is 0 Å². The van der Waals surface area contributed by atoms with Gasteiger partial charge in [-0.05, 0) is 49.3 Å². The summed E-state index contributed by atoms with van der Waals surface area (Å²) in [5, 5.41) is 18.4. The Morgan fingerprint density at radius 3 is 2.65 bits per heavy atom. The van der Waals surface area contributed by atoms with E-state index in [9.17, 15) is 5.11 Å². The molecule has 1 aliphatic rings. The van der Waals surface area contributed by atoms with E-state index in [0.29, 0.717) is 6.04 Å². The zero-order chi connectivity index (χ0) is 15.6. The molecule has 5 heteroatoms. The van der Waals surface area contributed by atoms with E-state index < -0.39 is 0 Å². The van der Waals surface area contributed by atoms with Gasteiger partial charge in [-0.2, -0.15) is 11.3 Å². The van der Waals surface area contributed by atoms with E-state index in [0.717, 1.165) is 53.8 Å². The largest absolute Gasteiger partial charge is 0.393 e. The van der Waals surface area contributed by atoms with Crippen molar-refractivity contribution in [3.8, 4) is 11.4 Å². The monoisotopic (exact) mass is 325 g/mol. The molecule has 4 nitrogen and oxygen atoms in total. The van der Waals surface area contributed by atoms with Crippen LogP contribution >= 0.6 is 11.3 Å². The lowest BCUT2D eigenvalue weighted by Crippen LogP contribution is -2.28. The number of nitrogens with zero attached hydrogens (tertiary/aromatic N) is 2. The van der Waals surface area contributed by atoms with Gasteiger partial charge in [0.15, 0.2) is 5.82 Å². The molecule has 2 aromatic heterocycles. The Morgan fingerprint density at radius 2 is 1.87 bits per heavy atom. The highest BCUT2D eigenvalue weighted by Crippen LogP contribution is 2.28. The molecule has 4 rings (SSSR count). The Balaban J connectivity index is 1.72. The van der Waals surface area contributed by atoms with Crippen molar-refractivity contribution in [1.82, 2.24) is 9.97 Å². The number of aliphatic hydroxyl groups is 1. The summed E-state index contributed by atoms with van der Waals surface area (Å²) in [4.78, 5) is 9.48. The minimum Gasteiger partial charge on any atom is -0.393 e. The maximum Gasteiger partial charge on any atom is 0.162 e. The summed E-state index contributed by atoms with van der Waals surface area (Å²) >= 11 is 1.65. The van der Waals surface area contributed by atoms with Crippen LogP contribution in [-0.4, -0.2) is 27.2 Å². The number of para-hydroxylation sites is 1. The SMILES string of the molecule is OC1CCC(Nc2nc(-c3ccsc3)nc3ccccc23)CC1. The topological polar surface area (TPSA) is 58.0 Å². The normalized spacial score (nSPS) is 21.4. The average molecular weight is 325 g/mol. The molecule has 0 saturated heterocycles. The fraction of sp³-hybridized carbons (Fsp3) is 0.333. The smallest absolute Gasteiger partial charge is 0.162 e. The second-order valence-electron chi connectivity index (χ2n) is 6.07. The Labute approximate surface area is 139 Å². The van der Waals surface area contributed by atoms with E-state index in [1.807, 2.05) is 23.6 Å². The van der Waals surface area contributed by atoms with Gasteiger partial charge in [-0.1, -0.05) is 12.1 Å². The molecule has 2 heterocycles. The molecule has 2 N–H and O–H groups in total. The molecule has 0 radical (unpaired) electrons. The van der Waals surface area contributed by atoms with E-state index in [1.54, 1.807) is 11.3 Å². The molecule has 0 amide bonds. The van der Waals surface area contributed by atoms with Crippen molar-refractivity contribution in [3.63, 3.8) is 0 Å². The molecule has 0 bridgehead atoms. The van der Waals surface area contributed by atoms with Gasteiger partial charge in [0.2, 0.25) is 0 Å². The van der Waals surface area contributed by atoms with Crippen LogP contribution in [0.25, 0.3) is 22.3 Å². The molecule has 0 atom stereocenters. The molecule has 1 saturated carbocycles. The lowest BCUT2D eigenvalue weighted by Gasteiger charge is -2.27. The molecule has 0 aliphatic heterocycles. The van der Waals surface area contributed by atoms with Gasteiger partial charge in [-0.25, -0.2) is 9.97 Å². The third-order valence-corrected chi connectivity index (χ3v) is 5.10. The number of nitrogens with one attached hydrogen (secondary N) is 1. The van der Waals surface area contributed by atoms with E-state index >= 15 is 0 Å². The third kappa shape index (κ3) is 3.07. The van der Waals surface area contributed by atoms with Crippen molar-refractivity contribution in [2.45, 2.75) is 37.8 Å². The number of hydrogen-bond acceptors (Lipinski definition) is 5. The van der Waals surface area contributed by atoms with Crippen LogP contribution in [0.1, 0.15) is 25.7 Å². The Bertz CT molecular complexity index is 795. The van der Waals surface area contributed by atoms with Crippen molar-refractivity contribution < 1.29 is 5.11 Å². The second kappa shape index (κ2) is 6.26. The Hall–Kier alpha value is -1.98. The predicted octanol–water partition coefficient (Wildman–Crippen LogP) is 4.07. The summed E-state index contributed by atoms with van der Waals surface area (Å²) in [5.74, 6) is 1.67. The first-order valence-corrected chi connectivity index (χ1v) is 8.98. The van der Waals surface area contributed by atoms with Crippen LogP contribution < -0.4 is 5.32 Å². The molecule has 23 heavy (non-hydrogen) atoms. The first-order valence-electron chi connectivity index (χ1n) is 8.03. The number of thiophene rings is 1. The molecule has 3 aromatic rings. The van der Waals surface area contributed by atoms with Crippen LogP contribution in [0.4, 0.5) is 5.82 Å². The minimum absolute atomic E-state index is 0.142. The summed E-state index contributed by atoms with van der Waals surface area (Å²) in [7, 11) is 0. The molecular weight excluding hydrogens is 306 g/mol. The number of anilines is 1. The van der Waals surface area contributed by atoms with Crippen LogP contribution in [0.3, 0.4) is 0 Å². The average Bonchev–Trinajstić information content (AvgIpc) is 3.11. The van der Waals surface area contributed by atoms with Crippen LogP contribution in [0.5, 0.6) is 0 Å². The molecular formula is C18H19N3OS. The number of hydrogen-bond donors (Lipinski definition) is 2. The minimum atomic E-state index is -0.142. The molecule has 1 aliphatic carbocycles. The highest BCUT2D eigenvalue weighted by Gasteiger charge is 2.20. The maximum absolute atomic E-state index is 9.68. The van der Waals surface area contributed by atoms with E-state index in [-0.39, 0.29) is 6.10 Å². The number of aliphatic hydroxyl groups excluding tert-OH is 1. The first kappa shape index (κ1) is 14.6. The maximum atomic E-state index is 9.68. The zero-order valence-electron chi connectivity index (χ0n) is 12.8. The van der Waals surface area contributed by atoms with Crippen LogP contribution in [0.15, 0.2) is 41.1 Å². The van der Waals surface area contributed by atoms with Gasteiger partial charge >= 0.3 is 0 Å². The summed E-state index contributed by atoms with van der Waals surface area (Å²) < 4.78 is 0. The van der Waals surface area contributed by atoms with E-state index in [1.165, 1.54) is 0 Å². The van der Waals surface area contributed by atoms with Crippen molar-refractivity contribution in [2.24, 2.45) is 0 Å². The van der Waals surface area contributed by atoms with Crippen LogP contribution in [0, 0.1) is 0 Å². The van der Waals surface area contributed by atoms with Gasteiger partial charge in [0.25, 0.3) is 0 Å². The van der Waals surface area contributed by atoms with E-state index in [4.69, 9.17) is 9.97 Å². The third-order valence-electron chi connectivity index (χ3n) is 4.42. The van der Waals surface area contributed by atoms with Gasteiger partial charge in [0, 0.05) is 22.4 Å². The van der Waals surface area contributed by atoms with Crippen molar-refractivity contribution in [1.29, 1.82) is 0 Å². The number of fused-ring (bicyclic) bond motifs is 1. The molecule has 118 valence electrons. The number of rotatable bonds is 3. The summed E-state index contributed by atoms with van der Waals surface area (Å²) in [5.41, 5.74) is 2.02. The zero-order valence-corrected chi connectivity index (χ0v) is 13.6. The number of benzene rings is 1. The summed E-state index contributed by atoms with van der Waals surface area (Å²) in [6.07, 6.45) is 3.54. The van der Waals surface area contributed by atoms with Crippen LogP contribution in [-0.2, 0) is 0 Å². The van der Waals surface area contributed by atoms with Gasteiger partial charge < -0.3 is 10.4 Å². The Kier molecular flexibility index (Phi) is 3.97. The van der Waals surface area contributed by atoms with Gasteiger partial charge in [-0.15, -0.1) is 0 Å². The standard InChI is InChI=1S/C18H19N3OS/c22-14-7-5-13(6-8-14)19-18-15-3-1-2-4-16(15)20-17(21-18)12-9-10-23-11-12/h1-4,9-11,13-14,22H,5-8H2,(H,19,20,21). The highest BCUT2D eigenvalue weighted by atomic mass is 32.1. The fourth-order valence-electron chi connectivity index (χ4n) is 3.12. The molecule has 0 unspecified atom stereocenters. The molecule has 1 aromatic carbocycles. The van der Waals surface area contributed by atoms with Crippen molar-refractivity contribution in [3.05, 3.63) is 41.1 Å².